The van der Waals surface area contributed by atoms with Gasteiger partial charge in [-0.15, -0.1) is 0 Å². The van der Waals surface area contributed by atoms with Crippen molar-refractivity contribution in [3.05, 3.63) is 54.1 Å². The minimum absolute atomic E-state index is 0.0425. The molecule has 26 heavy (non-hydrogen) atoms. The van der Waals surface area contributed by atoms with Crippen LogP contribution in [0, 0.1) is 5.92 Å². The van der Waals surface area contributed by atoms with Crippen molar-refractivity contribution in [3.63, 3.8) is 0 Å². The number of anilines is 2. The van der Waals surface area contributed by atoms with Crippen molar-refractivity contribution in [1.29, 1.82) is 0 Å². The largest absolute Gasteiger partial charge is 0.435 e. The number of hydrogen-bond donors (Lipinski definition) is 2. The number of nitrogens with one attached hydrogen (secondary N) is 2. The zero-order valence-corrected chi connectivity index (χ0v) is 14.4. The number of ether oxygens (including phenoxy) is 1. The molecule has 1 saturated carbocycles. The van der Waals surface area contributed by atoms with Crippen LogP contribution in [0.4, 0.5) is 20.2 Å². The Kier molecular flexibility index (Phi) is 6.04. The van der Waals surface area contributed by atoms with E-state index in [4.69, 9.17) is 0 Å². The van der Waals surface area contributed by atoms with Gasteiger partial charge in [0.25, 0.3) is 5.91 Å². The predicted molar refractivity (Wildman–Crippen MR) is 97.9 cm³/mol. The van der Waals surface area contributed by atoms with Gasteiger partial charge in [-0.3, -0.25) is 4.79 Å². The number of hydrogen-bond acceptors (Lipinski definition) is 3. The Labute approximate surface area is 151 Å². The molecule has 0 radical (unpaired) electrons. The number of benzene rings is 2. The lowest BCUT2D eigenvalue weighted by molar-refractivity contribution is -0.0498. The molecule has 0 aliphatic heterocycles. The highest BCUT2D eigenvalue weighted by molar-refractivity contribution is 6.04. The summed E-state index contributed by atoms with van der Waals surface area (Å²) < 4.78 is 28.9. The minimum Gasteiger partial charge on any atom is -0.435 e. The third-order valence-corrected chi connectivity index (χ3v) is 4.53. The van der Waals surface area contributed by atoms with E-state index in [1.807, 2.05) is 24.3 Å². The first-order valence-corrected chi connectivity index (χ1v) is 8.80. The maximum Gasteiger partial charge on any atom is 0.387 e. The fraction of sp³-hybridized carbons (Fsp3) is 0.350. The molecular weight excluding hydrogens is 338 g/mol. The summed E-state index contributed by atoms with van der Waals surface area (Å²) in [5.74, 6) is 0.326. The Bertz CT molecular complexity index is 729. The molecule has 4 nitrogen and oxygen atoms in total. The Morgan fingerprint density at radius 2 is 1.77 bits per heavy atom. The van der Waals surface area contributed by atoms with Gasteiger partial charge in [0.05, 0.1) is 0 Å². The van der Waals surface area contributed by atoms with E-state index in [-0.39, 0.29) is 17.2 Å². The van der Waals surface area contributed by atoms with Gasteiger partial charge < -0.3 is 15.4 Å². The summed E-state index contributed by atoms with van der Waals surface area (Å²) in [5.41, 5.74) is 1.91. The van der Waals surface area contributed by atoms with E-state index >= 15 is 0 Å². The van der Waals surface area contributed by atoms with Crippen LogP contribution in [-0.2, 0) is 0 Å². The van der Waals surface area contributed by atoms with E-state index in [1.165, 1.54) is 43.9 Å². The van der Waals surface area contributed by atoms with E-state index in [2.05, 4.69) is 15.4 Å². The molecule has 0 bridgehead atoms. The lowest BCUT2D eigenvalue weighted by atomic mass is 10.1. The molecule has 0 spiro atoms. The molecule has 138 valence electrons. The SMILES string of the molecule is O=C(Nc1ccc(NCC2CCCC2)cc1)c1cccc(OC(F)F)c1. The zero-order chi connectivity index (χ0) is 18.4. The second kappa shape index (κ2) is 8.65. The molecule has 0 atom stereocenters. The van der Waals surface area contributed by atoms with Gasteiger partial charge in [0.1, 0.15) is 5.75 Å². The van der Waals surface area contributed by atoms with Crippen LogP contribution in [0.1, 0.15) is 36.0 Å². The summed E-state index contributed by atoms with van der Waals surface area (Å²) in [4.78, 5) is 12.3. The average Bonchev–Trinajstić information content (AvgIpc) is 3.14. The molecule has 6 heteroatoms. The van der Waals surface area contributed by atoms with Crippen LogP contribution in [0.25, 0.3) is 0 Å². The molecule has 2 N–H and O–H groups in total. The van der Waals surface area contributed by atoms with Gasteiger partial charge >= 0.3 is 6.61 Å². The second-order valence-electron chi connectivity index (χ2n) is 6.47. The van der Waals surface area contributed by atoms with Crippen molar-refractivity contribution in [2.75, 3.05) is 17.2 Å². The Morgan fingerprint density at radius 1 is 1.08 bits per heavy atom. The van der Waals surface area contributed by atoms with Crippen molar-refractivity contribution >= 4 is 17.3 Å². The molecule has 0 aromatic heterocycles. The van der Waals surface area contributed by atoms with Crippen molar-refractivity contribution in [2.24, 2.45) is 5.92 Å². The molecule has 1 aliphatic rings. The van der Waals surface area contributed by atoms with Gasteiger partial charge in [0, 0.05) is 23.5 Å². The Hall–Kier alpha value is -2.63. The lowest BCUT2D eigenvalue weighted by Crippen LogP contribution is -2.13. The van der Waals surface area contributed by atoms with Crippen molar-refractivity contribution in [1.82, 2.24) is 0 Å². The summed E-state index contributed by atoms with van der Waals surface area (Å²) in [6.07, 6.45) is 5.21. The maximum absolute atomic E-state index is 12.3. The summed E-state index contributed by atoms with van der Waals surface area (Å²) in [7, 11) is 0. The number of carbonyl (C=O) groups is 1. The highest BCUT2D eigenvalue weighted by atomic mass is 19.3. The Morgan fingerprint density at radius 3 is 2.46 bits per heavy atom. The number of amides is 1. The van der Waals surface area contributed by atoms with Crippen LogP contribution in [0.15, 0.2) is 48.5 Å². The van der Waals surface area contributed by atoms with E-state index in [9.17, 15) is 13.6 Å². The van der Waals surface area contributed by atoms with Crippen molar-refractivity contribution < 1.29 is 18.3 Å². The van der Waals surface area contributed by atoms with Gasteiger partial charge in [-0.25, -0.2) is 0 Å². The van der Waals surface area contributed by atoms with Gasteiger partial charge in [-0.05, 0) is 61.2 Å². The minimum atomic E-state index is -2.92. The van der Waals surface area contributed by atoms with Crippen molar-refractivity contribution in [3.8, 4) is 5.75 Å². The van der Waals surface area contributed by atoms with Crippen LogP contribution in [0.5, 0.6) is 5.75 Å². The predicted octanol–water partition coefficient (Wildman–Crippen LogP) is 5.14. The third kappa shape index (κ3) is 5.18. The quantitative estimate of drug-likeness (QED) is 0.719. The van der Waals surface area contributed by atoms with Crippen LogP contribution in [0.3, 0.4) is 0 Å². The summed E-state index contributed by atoms with van der Waals surface area (Å²) >= 11 is 0. The van der Waals surface area contributed by atoms with Gasteiger partial charge in [0.2, 0.25) is 0 Å². The molecule has 2 aromatic carbocycles. The molecule has 1 aliphatic carbocycles. The van der Waals surface area contributed by atoms with E-state index in [0.29, 0.717) is 5.69 Å². The first-order chi connectivity index (χ1) is 12.6. The molecule has 0 saturated heterocycles. The van der Waals surface area contributed by atoms with Crippen molar-refractivity contribution in [2.45, 2.75) is 32.3 Å². The van der Waals surface area contributed by atoms with E-state index in [1.54, 1.807) is 6.07 Å². The number of alkyl halides is 2. The highest BCUT2D eigenvalue weighted by Gasteiger charge is 2.14. The van der Waals surface area contributed by atoms with Crippen LogP contribution >= 0.6 is 0 Å². The standard InChI is InChI=1S/C20H22F2N2O2/c21-20(22)26-18-7-3-6-15(12-18)19(25)24-17-10-8-16(9-11-17)23-13-14-4-1-2-5-14/h3,6-12,14,20,23H,1-2,4-5,13H2,(H,24,25). The third-order valence-electron chi connectivity index (χ3n) is 4.53. The van der Waals surface area contributed by atoms with Gasteiger partial charge in [0.15, 0.2) is 0 Å². The monoisotopic (exact) mass is 360 g/mol. The van der Waals surface area contributed by atoms with Gasteiger partial charge in [-0.1, -0.05) is 18.9 Å². The smallest absolute Gasteiger partial charge is 0.387 e. The lowest BCUT2D eigenvalue weighted by Gasteiger charge is -2.12. The number of halogens is 2. The molecule has 2 aromatic rings. The highest BCUT2D eigenvalue weighted by Crippen LogP contribution is 2.25. The van der Waals surface area contributed by atoms with Crippen LogP contribution < -0.4 is 15.4 Å². The summed E-state index contributed by atoms with van der Waals surface area (Å²) in [6, 6.07) is 13.2. The summed E-state index contributed by atoms with van der Waals surface area (Å²) in [6.45, 7) is -1.94. The van der Waals surface area contributed by atoms with Crippen LogP contribution in [-0.4, -0.2) is 19.1 Å². The first-order valence-electron chi connectivity index (χ1n) is 8.80. The first kappa shape index (κ1) is 18.2. The van der Waals surface area contributed by atoms with Gasteiger partial charge in [-0.2, -0.15) is 8.78 Å². The second-order valence-corrected chi connectivity index (χ2v) is 6.47. The molecule has 0 heterocycles. The molecule has 1 amide bonds. The topological polar surface area (TPSA) is 50.4 Å². The summed E-state index contributed by atoms with van der Waals surface area (Å²) in [5, 5.41) is 6.18. The number of carbonyl (C=O) groups excluding carboxylic acids is 1. The van der Waals surface area contributed by atoms with Crippen LogP contribution in [0.2, 0.25) is 0 Å². The zero-order valence-electron chi connectivity index (χ0n) is 14.4. The fourth-order valence-electron chi connectivity index (χ4n) is 3.16. The number of rotatable bonds is 7. The fourth-order valence-corrected chi connectivity index (χ4v) is 3.16. The molecule has 3 rings (SSSR count). The molecular formula is C20H22F2N2O2. The Balaban J connectivity index is 1.55. The van der Waals surface area contributed by atoms with E-state index < -0.39 is 6.61 Å². The molecule has 0 unspecified atom stereocenters. The normalized spacial score (nSPS) is 14.4. The molecule has 1 fully saturated rings. The maximum atomic E-state index is 12.3. The van der Waals surface area contributed by atoms with E-state index in [0.717, 1.165) is 18.2 Å². The average molecular weight is 360 g/mol.